The largest absolute Gasteiger partial charge is 0.494 e. The first-order valence-electron chi connectivity index (χ1n) is 6.95. The molecular weight excluding hydrogens is 289 g/mol. The summed E-state index contributed by atoms with van der Waals surface area (Å²) in [7, 11) is 1.41. The van der Waals surface area contributed by atoms with Gasteiger partial charge in [-0.2, -0.15) is 4.98 Å². The Morgan fingerprint density at radius 3 is 2.86 bits per heavy atom. The van der Waals surface area contributed by atoms with Gasteiger partial charge >= 0.3 is 0 Å². The smallest absolute Gasteiger partial charge is 0.227 e. The Labute approximate surface area is 127 Å². The van der Waals surface area contributed by atoms with Gasteiger partial charge in [-0.15, -0.1) is 0 Å². The molecule has 0 aliphatic heterocycles. The quantitative estimate of drug-likeness (QED) is 0.888. The second kappa shape index (κ2) is 7.02. The number of methoxy groups -OCH3 is 1. The molecule has 0 saturated carbocycles. The molecule has 1 aromatic carbocycles. The van der Waals surface area contributed by atoms with Gasteiger partial charge < -0.3 is 14.6 Å². The summed E-state index contributed by atoms with van der Waals surface area (Å²) < 4.78 is 23.2. The summed E-state index contributed by atoms with van der Waals surface area (Å²) in [5.41, 5.74) is 0.419. The summed E-state index contributed by atoms with van der Waals surface area (Å²) in [5.74, 6) is 0.819. The third kappa shape index (κ3) is 4.03. The Morgan fingerprint density at radius 2 is 2.23 bits per heavy atom. The van der Waals surface area contributed by atoms with Crippen LogP contribution in [0, 0.1) is 5.82 Å². The highest BCUT2D eigenvalue weighted by Gasteiger charge is 2.13. The molecule has 0 aliphatic rings. The van der Waals surface area contributed by atoms with Gasteiger partial charge in [0.15, 0.2) is 5.82 Å². The van der Waals surface area contributed by atoms with Gasteiger partial charge in [-0.05, 0) is 12.1 Å². The predicted octanol–water partition coefficient (Wildman–Crippen LogP) is 2.91. The fraction of sp³-hybridized carbons (Fsp3) is 0.400. The van der Waals surface area contributed by atoms with Gasteiger partial charge in [-0.25, -0.2) is 4.39 Å². The number of nitrogens with one attached hydrogen (secondary N) is 1. The number of carbonyl (C=O) groups excluding carboxylic acids is 1. The molecule has 22 heavy (non-hydrogen) atoms. The molecule has 0 bridgehead atoms. The van der Waals surface area contributed by atoms with Crippen molar-refractivity contribution in [2.75, 3.05) is 12.4 Å². The third-order valence-electron chi connectivity index (χ3n) is 3.00. The van der Waals surface area contributed by atoms with Crippen molar-refractivity contribution in [3.8, 4) is 5.75 Å². The van der Waals surface area contributed by atoms with Crippen LogP contribution in [0.2, 0.25) is 0 Å². The molecule has 0 saturated heterocycles. The van der Waals surface area contributed by atoms with Gasteiger partial charge in [-0.1, -0.05) is 19.0 Å². The normalized spacial score (nSPS) is 10.8. The molecule has 1 N–H and O–H groups in total. The summed E-state index contributed by atoms with van der Waals surface area (Å²) >= 11 is 0. The van der Waals surface area contributed by atoms with E-state index in [4.69, 9.17) is 9.26 Å². The van der Waals surface area contributed by atoms with Crippen molar-refractivity contribution in [1.29, 1.82) is 0 Å². The van der Waals surface area contributed by atoms with Gasteiger partial charge in [0.1, 0.15) is 11.6 Å². The van der Waals surface area contributed by atoms with Gasteiger partial charge in [0, 0.05) is 24.8 Å². The van der Waals surface area contributed by atoms with Crippen LogP contribution in [-0.2, 0) is 11.2 Å². The molecule has 118 valence electrons. The lowest BCUT2D eigenvalue weighted by molar-refractivity contribution is -0.116. The third-order valence-corrected chi connectivity index (χ3v) is 3.00. The second-order valence-electron chi connectivity index (χ2n) is 5.09. The average molecular weight is 307 g/mol. The van der Waals surface area contributed by atoms with Crippen molar-refractivity contribution in [2.24, 2.45) is 0 Å². The maximum atomic E-state index is 13.1. The van der Waals surface area contributed by atoms with Crippen LogP contribution in [0.5, 0.6) is 5.75 Å². The molecule has 1 amide bonds. The zero-order valence-corrected chi connectivity index (χ0v) is 12.7. The molecule has 2 rings (SSSR count). The van der Waals surface area contributed by atoms with Gasteiger partial charge in [0.05, 0.1) is 12.8 Å². The van der Waals surface area contributed by atoms with E-state index in [0.717, 1.165) is 0 Å². The monoisotopic (exact) mass is 307 g/mol. The second-order valence-corrected chi connectivity index (χ2v) is 5.09. The van der Waals surface area contributed by atoms with E-state index in [1.165, 1.54) is 25.3 Å². The maximum Gasteiger partial charge on any atom is 0.227 e. The molecule has 2 aromatic rings. The number of aromatic nitrogens is 2. The van der Waals surface area contributed by atoms with Crippen molar-refractivity contribution >= 4 is 11.6 Å². The number of carbonyl (C=O) groups is 1. The highest BCUT2D eigenvalue weighted by Crippen LogP contribution is 2.25. The van der Waals surface area contributed by atoms with Crippen molar-refractivity contribution < 1.29 is 18.4 Å². The Bertz CT molecular complexity index is 655. The summed E-state index contributed by atoms with van der Waals surface area (Å²) in [6, 6.07) is 3.92. The van der Waals surface area contributed by atoms with Crippen molar-refractivity contribution in [3.05, 3.63) is 35.7 Å². The van der Waals surface area contributed by atoms with Gasteiger partial charge in [0.25, 0.3) is 0 Å². The van der Waals surface area contributed by atoms with E-state index in [-0.39, 0.29) is 24.0 Å². The standard InChI is InChI=1S/C15H18FN3O3/c1-9(2)15-18-14(22-19-15)7-6-13(20)17-11-5-4-10(16)8-12(11)21-3/h4-5,8-9H,6-7H2,1-3H3,(H,17,20). The van der Waals surface area contributed by atoms with Crippen molar-refractivity contribution in [1.82, 2.24) is 10.1 Å². The molecule has 6 nitrogen and oxygen atoms in total. The number of rotatable bonds is 6. The number of ether oxygens (including phenoxy) is 1. The average Bonchev–Trinajstić information content (AvgIpc) is 2.96. The molecule has 0 unspecified atom stereocenters. The van der Waals surface area contributed by atoms with Crippen LogP contribution in [-0.4, -0.2) is 23.2 Å². The van der Waals surface area contributed by atoms with Gasteiger partial charge in [-0.3, -0.25) is 4.79 Å². The summed E-state index contributed by atoms with van der Waals surface area (Å²) in [6.07, 6.45) is 0.523. The number of hydrogen-bond acceptors (Lipinski definition) is 5. The molecular formula is C15H18FN3O3. The first-order chi connectivity index (χ1) is 10.5. The van der Waals surface area contributed by atoms with Crippen LogP contribution in [0.1, 0.15) is 37.9 Å². The Hall–Kier alpha value is -2.44. The minimum atomic E-state index is -0.429. The number of benzene rings is 1. The van der Waals surface area contributed by atoms with E-state index in [0.29, 0.717) is 23.8 Å². The van der Waals surface area contributed by atoms with Crippen LogP contribution in [0.15, 0.2) is 22.7 Å². The minimum absolute atomic E-state index is 0.176. The summed E-state index contributed by atoms with van der Waals surface area (Å²) in [5, 5.41) is 6.50. The first kappa shape index (κ1) is 15.9. The molecule has 0 radical (unpaired) electrons. The highest BCUT2D eigenvalue weighted by atomic mass is 19.1. The van der Waals surface area contributed by atoms with Crippen LogP contribution < -0.4 is 10.1 Å². The Morgan fingerprint density at radius 1 is 1.45 bits per heavy atom. The number of aryl methyl sites for hydroxylation is 1. The Balaban J connectivity index is 1.92. The fourth-order valence-electron chi connectivity index (χ4n) is 1.81. The van der Waals surface area contributed by atoms with Crippen LogP contribution >= 0.6 is 0 Å². The molecule has 0 fully saturated rings. The van der Waals surface area contributed by atoms with Crippen molar-refractivity contribution in [3.63, 3.8) is 0 Å². The van der Waals surface area contributed by atoms with E-state index < -0.39 is 5.82 Å². The van der Waals surface area contributed by atoms with E-state index in [1.54, 1.807) is 0 Å². The zero-order valence-electron chi connectivity index (χ0n) is 12.7. The van der Waals surface area contributed by atoms with E-state index in [2.05, 4.69) is 15.5 Å². The minimum Gasteiger partial charge on any atom is -0.494 e. The van der Waals surface area contributed by atoms with Crippen LogP contribution in [0.4, 0.5) is 10.1 Å². The fourth-order valence-corrected chi connectivity index (χ4v) is 1.81. The SMILES string of the molecule is COc1cc(F)ccc1NC(=O)CCc1nc(C(C)C)no1. The predicted molar refractivity (Wildman–Crippen MR) is 78.3 cm³/mol. The van der Waals surface area contributed by atoms with Gasteiger partial charge in [0.2, 0.25) is 11.8 Å². The molecule has 7 heteroatoms. The molecule has 0 atom stereocenters. The number of halogens is 1. The van der Waals surface area contributed by atoms with E-state index >= 15 is 0 Å². The number of anilines is 1. The first-order valence-corrected chi connectivity index (χ1v) is 6.95. The van der Waals surface area contributed by atoms with E-state index in [9.17, 15) is 9.18 Å². The summed E-state index contributed by atoms with van der Waals surface area (Å²) in [4.78, 5) is 16.1. The molecule has 0 aliphatic carbocycles. The lowest BCUT2D eigenvalue weighted by Gasteiger charge is -2.09. The molecule has 0 spiro atoms. The van der Waals surface area contributed by atoms with Crippen LogP contribution in [0.3, 0.4) is 0 Å². The Kier molecular flexibility index (Phi) is 5.08. The number of hydrogen-bond donors (Lipinski definition) is 1. The van der Waals surface area contributed by atoms with E-state index in [1.807, 2.05) is 13.8 Å². The zero-order chi connectivity index (χ0) is 16.1. The lowest BCUT2D eigenvalue weighted by atomic mass is 10.2. The maximum absolute atomic E-state index is 13.1. The number of amides is 1. The molecule has 1 aromatic heterocycles. The lowest BCUT2D eigenvalue weighted by Crippen LogP contribution is -2.13. The van der Waals surface area contributed by atoms with Crippen LogP contribution in [0.25, 0.3) is 0 Å². The summed E-state index contributed by atoms with van der Waals surface area (Å²) in [6.45, 7) is 3.92. The topological polar surface area (TPSA) is 77.2 Å². The molecule has 1 heterocycles. The number of nitrogens with zero attached hydrogens (tertiary/aromatic N) is 2. The highest BCUT2D eigenvalue weighted by molar-refractivity contribution is 5.92. The van der Waals surface area contributed by atoms with Crippen molar-refractivity contribution in [2.45, 2.75) is 32.6 Å².